The summed E-state index contributed by atoms with van der Waals surface area (Å²) in [5.74, 6) is -0.798. The SMILES string of the molecule is COCCOC(=O)CCC(=O)Nc1ccc(C(=O)NC2CCCCC2)cc1. The molecule has 0 saturated heterocycles. The number of carbonyl (C=O) groups excluding carboxylic acids is 3. The van der Waals surface area contributed by atoms with Gasteiger partial charge < -0.3 is 20.1 Å². The van der Waals surface area contributed by atoms with Gasteiger partial charge in [-0.3, -0.25) is 14.4 Å². The van der Waals surface area contributed by atoms with Gasteiger partial charge in [0.2, 0.25) is 5.91 Å². The van der Waals surface area contributed by atoms with Crippen LogP contribution in [-0.4, -0.2) is 44.1 Å². The molecule has 1 aliphatic carbocycles. The van der Waals surface area contributed by atoms with Crippen molar-refractivity contribution in [2.24, 2.45) is 0 Å². The van der Waals surface area contributed by atoms with Crippen molar-refractivity contribution in [3.05, 3.63) is 29.8 Å². The summed E-state index contributed by atoms with van der Waals surface area (Å²) in [5.41, 5.74) is 1.15. The molecule has 148 valence electrons. The Labute approximate surface area is 159 Å². The van der Waals surface area contributed by atoms with Gasteiger partial charge in [0.15, 0.2) is 0 Å². The molecular formula is C20H28N2O5. The van der Waals surface area contributed by atoms with Gasteiger partial charge in [0.25, 0.3) is 5.91 Å². The first-order valence-corrected chi connectivity index (χ1v) is 9.44. The maximum absolute atomic E-state index is 12.3. The van der Waals surface area contributed by atoms with Crippen LogP contribution < -0.4 is 10.6 Å². The molecule has 0 unspecified atom stereocenters. The molecule has 1 aliphatic rings. The molecule has 0 bridgehead atoms. The number of esters is 1. The monoisotopic (exact) mass is 376 g/mol. The van der Waals surface area contributed by atoms with Crippen molar-refractivity contribution in [3.63, 3.8) is 0 Å². The predicted molar refractivity (Wildman–Crippen MR) is 101 cm³/mol. The fourth-order valence-electron chi connectivity index (χ4n) is 2.97. The third-order valence-corrected chi connectivity index (χ3v) is 4.48. The highest BCUT2D eigenvalue weighted by Crippen LogP contribution is 2.18. The molecule has 2 amide bonds. The lowest BCUT2D eigenvalue weighted by molar-refractivity contribution is -0.145. The molecule has 0 aromatic heterocycles. The highest BCUT2D eigenvalue weighted by Gasteiger charge is 2.16. The van der Waals surface area contributed by atoms with Crippen LogP contribution in [0.2, 0.25) is 0 Å². The van der Waals surface area contributed by atoms with E-state index >= 15 is 0 Å². The summed E-state index contributed by atoms with van der Waals surface area (Å²) >= 11 is 0. The summed E-state index contributed by atoms with van der Waals surface area (Å²) in [6.07, 6.45) is 5.69. The number of carbonyl (C=O) groups is 3. The Hall–Kier alpha value is -2.41. The maximum atomic E-state index is 12.3. The number of ether oxygens (including phenoxy) is 2. The standard InChI is InChI=1S/C20H28N2O5/c1-26-13-14-27-19(24)12-11-18(23)21-17-9-7-15(8-10-17)20(25)22-16-5-3-2-4-6-16/h7-10,16H,2-6,11-14H2,1H3,(H,21,23)(H,22,25). The number of benzene rings is 1. The van der Waals surface area contributed by atoms with E-state index in [1.54, 1.807) is 24.3 Å². The van der Waals surface area contributed by atoms with Crippen LogP contribution in [-0.2, 0) is 19.1 Å². The first-order valence-electron chi connectivity index (χ1n) is 9.44. The Bertz CT molecular complexity index is 624. The Morgan fingerprint density at radius 2 is 1.70 bits per heavy atom. The van der Waals surface area contributed by atoms with Gasteiger partial charge in [-0.25, -0.2) is 0 Å². The highest BCUT2D eigenvalue weighted by molar-refractivity contribution is 5.96. The molecule has 1 saturated carbocycles. The van der Waals surface area contributed by atoms with Crippen molar-refractivity contribution in [1.82, 2.24) is 5.32 Å². The summed E-state index contributed by atoms with van der Waals surface area (Å²) in [6.45, 7) is 0.514. The number of nitrogens with one attached hydrogen (secondary N) is 2. The van der Waals surface area contributed by atoms with Gasteiger partial charge in [-0.2, -0.15) is 0 Å². The van der Waals surface area contributed by atoms with E-state index in [4.69, 9.17) is 9.47 Å². The molecule has 27 heavy (non-hydrogen) atoms. The summed E-state index contributed by atoms with van der Waals surface area (Å²) in [7, 11) is 1.52. The summed E-state index contributed by atoms with van der Waals surface area (Å²) < 4.78 is 9.68. The lowest BCUT2D eigenvalue weighted by Crippen LogP contribution is -2.36. The number of amides is 2. The van der Waals surface area contributed by atoms with Gasteiger partial charge >= 0.3 is 5.97 Å². The van der Waals surface area contributed by atoms with Gasteiger partial charge in [0.05, 0.1) is 13.0 Å². The second kappa shape index (κ2) is 11.3. The number of rotatable bonds is 9. The first kappa shape index (κ1) is 20.9. The number of anilines is 1. The van der Waals surface area contributed by atoms with Gasteiger partial charge in [-0.15, -0.1) is 0 Å². The predicted octanol–water partition coefficient (Wildman–Crippen LogP) is 2.66. The molecular weight excluding hydrogens is 348 g/mol. The van der Waals surface area contributed by atoms with Crippen LogP contribution >= 0.6 is 0 Å². The van der Waals surface area contributed by atoms with Gasteiger partial charge in [0.1, 0.15) is 6.61 Å². The van der Waals surface area contributed by atoms with Crippen molar-refractivity contribution in [2.75, 3.05) is 25.6 Å². The molecule has 7 nitrogen and oxygen atoms in total. The minimum atomic E-state index is -0.433. The highest BCUT2D eigenvalue weighted by atomic mass is 16.6. The smallest absolute Gasteiger partial charge is 0.306 e. The maximum Gasteiger partial charge on any atom is 0.306 e. The van der Waals surface area contributed by atoms with Crippen molar-refractivity contribution >= 4 is 23.5 Å². The van der Waals surface area contributed by atoms with Crippen LogP contribution in [0.1, 0.15) is 55.3 Å². The summed E-state index contributed by atoms with van der Waals surface area (Å²) in [5, 5.41) is 5.77. The average molecular weight is 376 g/mol. The van der Waals surface area contributed by atoms with Crippen LogP contribution in [0.5, 0.6) is 0 Å². The molecule has 1 aromatic rings. The molecule has 0 atom stereocenters. The van der Waals surface area contributed by atoms with E-state index in [0.717, 1.165) is 25.7 Å². The number of methoxy groups -OCH3 is 1. The lowest BCUT2D eigenvalue weighted by atomic mass is 9.95. The van der Waals surface area contributed by atoms with E-state index in [1.165, 1.54) is 13.5 Å². The van der Waals surface area contributed by atoms with Gasteiger partial charge in [-0.05, 0) is 37.1 Å². The molecule has 1 fully saturated rings. The first-order chi connectivity index (χ1) is 13.1. The van der Waals surface area contributed by atoms with E-state index < -0.39 is 5.97 Å². The molecule has 7 heteroatoms. The zero-order chi connectivity index (χ0) is 19.5. The van der Waals surface area contributed by atoms with E-state index in [-0.39, 0.29) is 37.3 Å². The normalized spacial score (nSPS) is 14.4. The van der Waals surface area contributed by atoms with Crippen molar-refractivity contribution in [2.45, 2.75) is 51.0 Å². The fourth-order valence-corrected chi connectivity index (χ4v) is 2.97. The minimum absolute atomic E-state index is 0.0113. The zero-order valence-corrected chi connectivity index (χ0v) is 15.8. The minimum Gasteiger partial charge on any atom is -0.463 e. The lowest BCUT2D eigenvalue weighted by Gasteiger charge is -2.22. The number of hydrogen-bond donors (Lipinski definition) is 2. The second-order valence-corrected chi connectivity index (χ2v) is 6.65. The van der Waals surface area contributed by atoms with Gasteiger partial charge in [0, 0.05) is 30.8 Å². The van der Waals surface area contributed by atoms with Crippen LogP contribution in [0, 0.1) is 0 Å². The Morgan fingerprint density at radius 1 is 1.00 bits per heavy atom. The van der Waals surface area contributed by atoms with Crippen LogP contribution in [0.25, 0.3) is 0 Å². The Balaban J connectivity index is 1.73. The number of hydrogen-bond acceptors (Lipinski definition) is 5. The molecule has 2 N–H and O–H groups in total. The third-order valence-electron chi connectivity index (χ3n) is 4.48. The van der Waals surface area contributed by atoms with E-state index in [9.17, 15) is 14.4 Å². The van der Waals surface area contributed by atoms with Crippen LogP contribution in [0.15, 0.2) is 24.3 Å². The molecule has 0 aliphatic heterocycles. The molecule has 0 spiro atoms. The summed E-state index contributed by atoms with van der Waals surface area (Å²) in [6, 6.07) is 7.00. The van der Waals surface area contributed by atoms with Crippen molar-refractivity contribution in [1.29, 1.82) is 0 Å². The molecule has 0 heterocycles. The van der Waals surface area contributed by atoms with Crippen LogP contribution in [0.3, 0.4) is 0 Å². The van der Waals surface area contributed by atoms with E-state index in [0.29, 0.717) is 17.9 Å². The second-order valence-electron chi connectivity index (χ2n) is 6.65. The molecule has 1 aromatic carbocycles. The average Bonchev–Trinajstić information content (AvgIpc) is 2.68. The topological polar surface area (TPSA) is 93.7 Å². The summed E-state index contributed by atoms with van der Waals surface area (Å²) in [4.78, 5) is 35.6. The van der Waals surface area contributed by atoms with Crippen molar-refractivity contribution < 1.29 is 23.9 Å². The van der Waals surface area contributed by atoms with Gasteiger partial charge in [-0.1, -0.05) is 19.3 Å². The molecule has 0 radical (unpaired) electrons. The largest absolute Gasteiger partial charge is 0.463 e. The zero-order valence-electron chi connectivity index (χ0n) is 15.8. The fraction of sp³-hybridized carbons (Fsp3) is 0.550. The van der Waals surface area contributed by atoms with Crippen LogP contribution in [0.4, 0.5) is 5.69 Å². The Kier molecular flexibility index (Phi) is 8.77. The quantitative estimate of drug-likeness (QED) is 0.510. The van der Waals surface area contributed by atoms with E-state index in [2.05, 4.69) is 10.6 Å². The third kappa shape index (κ3) is 7.78. The Morgan fingerprint density at radius 3 is 2.37 bits per heavy atom. The van der Waals surface area contributed by atoms with Crippen molar-refractivity contribution in [3.8, 4) is 0 Å². The van der Waals surface area contributed by atoms with E-state index in [1.807, 2.05) is 0 Å². The molecule has 2 rings (SSSR count).